The van der Waals surface area contributed by atoms with Gasteiger partial charge in [-0.1, -0.05) is 0 Å². The third-order valence-corrected chi connectivity index (χ3v) is 1.37. The Morgan fingerprint density at radius 3 is 2.58 bits per heavy atom. The summed E-state index contributed by atoms with van der Waals surface area (Å²) in [5, 5.41) is 0. The summed E-state index contributed by atoms with van der Waals surface area (Å²) in [5.74, 6) is -0.00407. The zero-order valence-corrected chi connectivity index (χ0v) is 6.84. The summed E-state index contributed by atoms with van der Waals surface area (Å²) in [6.07, 6.45) is 1.49. The fourth-order valence-corrected chi connectivity index (χ4v) is 0.911. The van der Waals surface area contributed by atoms with Crippen molar-refractivity contribution in [3.8, 4) is 5.88 Å². The van der Waals surface area contributed by atoms with Gasteiger partial charge in [0.05, 0.1) is 0 Å². The quantitative estimate of drug-likeness (QED) is 0.684. The van der Waals surface area contributed by atoms with Crippen LogP contribution in [0.25, 0.3) is 0 Å². The maximum Gasteiger partial charge on any atom is 0.388 e. The van der Waals surface area contributed by atoms with Crippen LogP contribution in [-0.2, 0) is 0 Å². The number of hydrogen-bond acceptors (Lipinski definition) is 2. The third-order valence-electron chi connectivity index (χ3n) is 1.37. The monoisotopic (exact) mass is 173 g/mol. The van der Waals surface area contributed by atoms with Gasteiger partial charge in [0.25, 0.3) is 0 Å². The van der Waals surface area contributed by atoms with Crippen LogP contribution in [0, 0.1) is 13.8 Å². The Morgan fingerprint density at radius 1 is 1.42 bits per heavy atom. The fourth-order valence-electron chi connectivity index (χ4n) is 0.911. The number of pyridine rings is 1. The van der Waals surface area contributed by atoms with Crippen LogP contribution in [0.4, 0.5) is 8.78 Å². The molecule has 0 unspecified atom stereocenters. The minimum atomic E-state index is -2.81. The van der Waals surface area contributed by atoms with Crippen molar-refractivity contribution in [3.05, 3.63) is 23.4 Å². The zero-order chi connectivity index (χ0) is 9.14. The third kappa shape index (κ3) is 2.15. The van der Waals surface area contributed by atoms with Crippen molar-refractivity contribution in [2.75, 3.05) is 0 Å². The first kappa shape index (κ1) is 8.90. The van der Waals surface area contributed by atoms with Crippen LogP contribution in [0.1, 0.15) is 11.1 Å². The van der Waals surface area contributed by atoms with Crippen LogP contribution in [0.15, 0.2) is 12.3 Å². The SMILES string of the molecule is Cc1cnc(OC(F)F)c(C)c1. The van der Waals surface area contributed by atoms with Crippen molar-refractivity contribution in [3.63, 3.8) is 0 Å². The van der Waals surface area contributed by atoms with Crippen LogP contribution in [-0.4, -0.2) is 11.6 Å². The Morgan fingerprint density at radius 2 is 2.08 bits per heavy atom. The van der Waals surface area contributed by atoms with Crippen molar-refractivity contribution < 1.29 is 13.5 Å². The molecule has 0 radical (unpaired) electrons. The molecule has 0 aliphatic heterocycles. The highest BCUT2D eigenvalue weighted by Gasteiger charge is 2.07. The number of aryl methyl sites for hydroxylation is 2. The molecular formula is C8H9F2NO. The van der Waals surface area contributed by atoms with Crippen molar-refractivity contribution >= 4 is 0 Å². The van der Waals surface area contributed by atoms with E-state index in [0.29, 0.717) is 5.56 Å². The highest BCUT2D eigenvalue weighted by Crippen LogP contribution is 2.16. The molecule has 0 fully saturated rings. The van der Waals surface area contributed by atoms with E-state index in [2.05, 4.69) is 9.72 Å². The molecule has 66 valence electrons. The van der Waals surface area contributed by atoms with Crippen LogP contribution < -0.4 is 4.74 Å². The number of ether oxygens (including phenoxy) is 1. The van der Waals surface area contributed by atoms with Gasteiger partial charge < -0.3 is 4.74 Å². The lowest BCUT2D eigenvalue weighted by Crippen LogP contribution is -2.05. The largest absolute Gasteiger partial charge is 0.417 e. The Kier molecular flexibility index (Phi) is 2.58. The summed E-state index contributed by atoms with van der Waals surface area (Å²) in [5.41, 5.74) is 1.55. The molecule has 0 aliphatic carbocycles. The Balaban J connectivity index is 2.86. The number of hydrogen-bond donors (Lipinski definition) is 0. The highest BCUT2D eigenvalue weighted by atomic mass is 19.3. The smallest absolute Gasteiger partial charge is 0.388 e. The first-order chi connectivity index (χ1) is 5.59. The van der Waals surface area contributed by atoms with Crippen LogP contribution in [0.5, 0.6) is 5.88 Å². The van der Waals surface area contributed by atoms with Crippen LogP contribution >= 0.6 is 0 Å². The molecule has 1 heterocycles. The Hall–Kier alpha value is -1.19. The van der Waals surface area contributed by atoms with Gasteiger partial charge in [0.1, 0.15) is 0 Å². The molecule has 0 N–H and O–H groups in total. The first-order valence-corrected chi connectivity index (χ1v) is 3.47. The van der Waals surface area contributed by atoms with E-state index >= 15 is 0 Å². The lowest BCUT2D eigenvalue weighted by atomic mass is 10.2. The molecule has 0 amide bonds. The van der Waals surface area contributed by atoms with E-state index in [4.69, 9.17) is 0 Å². The van der Waals surface area contributed by atoms with E-state index in [1.165, 1.54) is 6.20 Å². The predicted molar refractivity (Wildman–Crippen MR) is 40.3 cm³/mol. The lowest BCUT2D eigenvalue weighted by Gasteiger charge is -2.05. The number of aromatic nitrogens is 1. The summed E-state index contributed by atoms with van der Waals surface area (Å²) in [4.78, 5) is 3.72. The molecule has 1 aromatic heterocycles. The summed E-state index contributed by atoms with van der Waals surface area (Å²) < 4.78 is 27.6. The second kappa shape index (κ2) is 3.47. The van der Waals surface area contributed by atoms with Crippen molar-refractivity contribution in [2.45, 2.75) is 20.5 Å². The van der Waals surface area contributed by atoms with E-state index in [0.717, 1.165) is 5.56 Å². The Bertz CT molecular complexity index is 276. The molecule has 1 aromatic rings. The van der Waals surface area contributed by atoms with Gasteiger partial charge >= 0.3 is 6.61 Å². The molecule has 0 saturated heterocycles. The molecular weight excluding hydrogens is 164 g/mol. The van der Waals surface area contributed by atoms with E-state index in [9.17, 15) is 8.78 Å². The van der Waals surface area contributed by atoms with Gasteiger partial charge in [-0.3, -0.25) is 0 Å². The molecule has 0 aliphatic rings. The number of halogens is 2. The van der Waals surface area contributed by atoms with Gasteiger partial charge in [-0.25, -0.2) is 4.98 Å². The summed E-state index contributed by atoms with van der Waals surface area (Å²) in [6.45, 7) is 0.711. The number of nitrogens with zero attached hydrogens (tertiary/aromatic N) is 1. The van der Waals surface area contributed by atoms with Gasteiger partial charge in [0.2, 0.25) is 5.88 Å². The summed E-state index contributed by atoms with van der Waals surface area (Å²) >= 11 is 0. The van der Waals surface area contributed by atoms with Crippen molar-refractivity contribution in [1.82, 2.24) is 4.98 Å². The van der Waals surface area contributed by atoms with Crippen molar-refractivity contribution in [1.29, 1.82) is 0 Å². The van der Waals surface area contributed by atoms with Gasteiger partial charge in [-0.2, -0.15) is 8.78 Å². The molecule has 0 aromatic carbocycles. The molecule has 0 spiro atoms. The molecule has 4 heteroatoms. The Labute approximate surface area is 69.2 Å². The maximum absolute atomic E-state index is 11.7. The van der Waals surface area contributed by atoms with Crippen molar-refractivity contribution in [2.24, 2.45) is 0 Å². The summed E-state index contributed by atoms with van der Waals surface area (Å²) in [7, 11) is 0. The molecule has 1 rings (SSSR count). The maximum atomic E-state index is 11.7. The second-order valence-corrected chi connectivity index (χ2v) is 2.51. The zero-order valence-electron chi connectivity index (χ0n) is 6.84. The van der Waals surface area contributed by atoms with E-state index < -0.39 is 6.61 Å². The van der Waals surface area contributed by atoms with Gasteiger partial charge in [0, 0.05) is 11.8 Å². The average molecular weight is 173 g/mol. The fraction of sp³-hybridized carbons (Fsp3) is 0.375. The standard InChI is InChI=1S/C8H9F2NO/c1-5-3-6(2)7(11-4-5)12-8(9)10/h3-4,8H,1-2H3. The first-order valence-electron chi connectivity index (χ1n) is 3.47. The van der Waals surface area contributed by atoms with Gasteiger partial charge in [-0.15, -0.1) is 0 Å². The topological polar surface area (TPSA) is 22.1 Å². The normalized spacial score (nSPS) is 10.4. The van der Waals surface area contributed by atoms with E-state index in [1.54, 1.807) is 13.0 Å². The molecule has 0 bridgehead atoms. The molecule has 12 heavy (non-hydrogen) atoms. The summed E-state index contributed by atoms with van der Waals surface area (Å²) in [6, 6.07) is 1.74. The molecule has 0 atom stereocenters. The minimum Gasteiger partial charge on any atom is -0.417 e. The van der Waals surface area contributed by atoms with Crippen LogP contribution in [0.3, 0.4) is 0 Å². The number of rotatable bonds is 2. The molecule has 0 saturated carbocycles. The lowest BCUT2D eigenvalue weighted by molar-refractivity contribution is -0.0533. The minimum absolute atomic E-state index is 0.00407. The van der Waals surface area contributed by atoms with E-state index in [1.807, 2.05) is 6.92 Å². The van der Waals surface area contributed by atoms with Gasteiger partial charge in [0.15, 0.2) is 0 Å². The van der Waals surface area contributed by atoms with E-state index in [-0.39, 0.29) is 5.88 Å². The molecule has 2 nitrogen and oxygen atoms in total. The number of alkyl halides is 2. The second-order valence-electron chi connectivity index (χ2n) is 2.51. The average Bonchev–Trinajstić information content (AvgIpc) is 1.94. The van der Waals surface area contributed by atoms with Gasteiger partial charge in [-0.05, 0) is 25.5 Å². The van der Waals surface area contributed by atoms with Crippen LogP contribution in [0.2, 0.25) is 0 Å². The highest BCUT2D eigenvalue weighted by molar-refractivity contribution is 5.27. The predicted octanol–water partition coefficient (Wildman–Crippen LogP) is 2.30.